The van der Waals surface area contributed by atoms with Crippen LogP contribution in [0.4, 0.5) is 5.69 Å². The largest absolute Gasteiger partial charge is 0.441 e. The quantitative estimate of drug-likeness (QED) is 0.618. The molecule has 6 heteroatoms. The average molecular weight is 321 g/mol. The lowest BCUT2D eigenvalue weighted by molar-refractivity contribution is 0.561. The molecule has 0 spiro atoms. The predicted molar refractivity (Wildman–Crippen MR) is 93.2 cm³/mol. The lowest BCUT2D eigenvalue weighted by Gasteiger charge is -2.17. The van der Waals surface area contributed by atoms with E-state index in [1.165, 1.54) is 0 Å². The van der Waals surface area contributed by atoms with Crippen LogP contribution in [0, 0.1) is 20.8 Å². The summed E-state index contributed by atoms with van der Waals surface area (Å²) in [6, 6.07) is 8.03. The van der Waals surface area contributed by atoms with Crippen molar-refractivity contribution in [3.05, 3.63) is 53.3 Å². The van der Waals surface area contributed by atoms with E-state index in [9.17, 15) is 0 Å². The molecule has 1 N–H and O–H groups in total. The fourth-order valence-corrected chi connectivity index (χ4v) is 3.06. The fourth-order valence-electron chi connectivity index (χ4n) is 3.06. The smallest absolute Gasteiger partial charge is 0.192 e. The van der Waals surface area contributed by atoms with Crippen LogP contribution in [-0.2, 0) is 0 Å². The van der Waals surface area contributed by atoms with Gasteiger partial charge < -0.3 is 9.73 Å². The second-order valence-electron chi connectivity index (χ2n) is 6.14. The Morgan fingerprint density at radius 2 is 2.00 bits per heavy atom. The van der Waals surface area contributed by atoms with Gasteiger partial charge in [0.25, 0.3) is 0 Å². The van der Waals surface area contributed by atoms with Crippen molar-refractivity contribution >= 4 is 22.4 Å². The van der Waals surface area contributed by atoms with Crippen LogP contribution >= 0.6 is 0 Å². The predicted octanol–water partition coefficient (Wildman–Crippen LogP) is 3.97. The van der Waals surface area contributed by atoms with Gasteiger partial charge in [0.05, 0.1) is 11.7 Å². The second kappa shape index (κ2) is 5.33. The average Bonchev–Trinajstić information content (AvgIpc) is 3.08. The monoisotopic (exact) mass is 321 g/mol. The molecule has 0 aliphatic rings. The van der Waals surface area contributed by atoms with Crippen LogP contribution in [0.1, 0.15) is 35.8 Å². The first-order valence-electron chi connectivity index (χ1n) is 7.97. The zero-order chi connectivity index (χ0) is 16.8. The number of hydrogen-bond donors (Lipinski definition) is 1. The molecule has 4 rings (SSSR count). The van der Waals surface area contributed by atoms with Crippen molar-refractivity contribution < 1.29 is 4.42 Å². The minimum Gasteiger partial charge on any atom is -0.441 e. The molecular formula is C18H19N5O. The van der Waals surface area contributed by atoms with Crippen molar-refractivity contribution in [3.63, 3.8) is 0 Å². The Morgan fingerprint density at radius 3 is 2.83 bits per heavy atom. The molecule has 3 heterocycles. The number of fused-ring (bicyclic) bond motifs is 2. The van der Waals surface area contributed by atoms with Gasteiger partial charge in [-0.3, -0.25) is 0 Å². The van der Waals surface area contributed by atoms with E-state index in [1.807, 2.05) is 48.8 Å². The Hall–Kier alpha value is -2.89. The third-order valence-electron chi connectivity index (χ3n) is 4.23. The van der Waals surface area contributed by atoms with E-state index >= 15 is 0 Å². The van der Waals surface area contributed by atoms with Crippen LogP contribution in [0.15, 0.2) is 34.9 Å². The lowest BCUT2D eigenvalue weighted by Crippen LogP contribution is -2.11. The van der Waals surface area contributed by atoms with Gasteiger partial charge in [-0.1, -0.05) is 0 Å². The Balaban J connectivity index is 1.67. The van der Waals surface area contributed by atoms with Gasteiger partial charge in [0.2, 0.25) is 0 Å². The summed E-state index contributed by atoms with van der Waals surface area (Å²) in [6.45, 7) is 8.01. The van der Waals surface area contributed by atoms with E-state index in [4.69, 9.17) is 4.42 Å². The van der Waals surface area contributed by atoms with Gasteiger partial charge in [-0.2, -0.15) is 5.10 Å². The molecule has 3 aromatic heterocycles. The zero-order valence-corrected chi connectivity index (χ0v) is 14.2. The summed E-state index contributed by atoms with van der Waals surface area (Å²) in [5.41, 5.74) is 6.69. The van der Waals surface area contributed by atoms with Crippen molar-refractivity contribution in [2.24, 2.45) is 0 Å². The number of aryl methyl sites for hydroxylation is 3. The molecule has 122 valence electrons. The topological polar surface area (TPSA) is 68.2 Å². The number of rotatable bonds is 3. The molecule has 0 fully saturated rings. The summed E-state index contributed by atoms with van der Waals surface area (Å²) >= 11 is 0. The van der Waals surface area contributed by atoms with Crippen LogP contribution in [-0.4, -0.2) is 19.6 Å². The maximum atomic E-state index is 5.60. The Kier molecular flexibility index (Phi) is 3.26. The molecule has 0 aliphatic heterocycles. The van der Waals surface area contributed by atoms with Crippen LogP contribution in [0.25, 0.3) is 16.7 Å². The summed E-state index contributed by atoms with van der Waals surface area (Å²) in [4.78, 5) is 8.84. The second-order valence-corrected chi connectivity index (χ2v) is 6.14. The number of oxazole rings is 1. The number of aromatic nitrogens is 4. The highest BCUT2D eigenvalue weighted by atomic mass is 16.3. The first-order valence-corrected chi connectivity index (χ1v) is 7.97. The fraction of sp³-hybridized carbons (Fsp3) is 0.278. The van der Waals surface area contributed by atoms with E-state index in [1.54, 1.807) is 0 Å². The van der Waals surface area contributed by atoms with Gasteiger partial charge in [-0.05, 0) is 32.9 Å². The maximum absolute atomic E-state index is 5.60. The van der Waals surface area contributed by atoms with Gasteiger partial charge in [0, 0.05) is 42.2 Å². The van der Waals surface area contributed by atoms with E-state index < -0.39 is 0 Å². The highest BCUT2D eigenvalue weighted by Crippen LogP contribution is 2.25. The third-order valence-corrected chi connectivity index (χ3v) is 4.23. The zero-order valence-electron chi connectivity index (χ0n) is 14.2. The van der Waals surface area contributed by atoms with E-state index in [0.717, 1.165) is 39.4 Å². The lowest BCUT2D eigenvalue weighted by atomic mass is 10.1. The first-order chi connectivity index (χ1) is 11.5. The molecule has 4 aromatic rings. The van der Waals surface area contributed by atoms with Crippen molar-refractivity contribution in [1.82, 2.24) is 19.6 Å². The summed E-state index contributed by atoms with van der Waals surface area (Å²) in [6.07, 6.45) is 1.92. The molecule has 0 saturated carbocycles. The molecular weight excluding hydrogens is 302 g/mol. The minimum absolute atomic E-state index is 0.0906. The molecule has 0 bridgehead atoms. The molecule has 1 unspecified atom stereocenters. The number of nitrogens with zero attached hydrogens (tertiary/aromatic N) is 4. The Morgan fingerprint density at radius 1 is 1.17 bits per heavy atom. The molecule has 6 nitrogen and oxygen atoms in total. The van der Waals surface area contributed by atoms with Crippen molar-refractivity contribution in [1.29, 1.82) is 0 Å². The number of benzene rings is 1. The van der Waals surface area contributed by atoms with Crippen molar-refractivity contribution in [2.75, 3.05) is 5.32 Å². The van der Waals surface area contributed by atoms with Crippen molar-refractivity contribution in [2.45, 2.75) is 33.7 Å². The van der Waals surface area contributed by atoms with Gasteiger partial charge in [-0.15, -0.1) is 0 Å². The molecule has 1 atom stereocenters. The van der Waals surface area contributed by atoms with Crippen LogP contribution in [0.2, 0.25) is 0 Å². The number of nitrogens with one attached hydrogen (secondary N) is 1. The summed E-state index contributed by atoms with van der Waals surface area (Å²) in [5, 5.41) is 8.01. The molecule has 0 aliphatic carbocycles. The first kappa shape index (κ1) is 14.7. The number of anilines is 1. The van der Waals surface area contributed by atoms with Crippen molar-refractivity contribution in [3.8, 4) is 0 Å². The van der Waals surface area contributed by atoms with Gasteiger partial charge in [-0.25, -0.2) is 14.5 Å². The third kappa shape index (κ3) is 2.40. The van der Waals surface area contributed by atoms with E-state index in [2.05, 4.69) is 34.2 Å². The number of hydrogen-bond acceptors (Lipinski definition) is 5. The summed E-state index contributed by atoms with van der Waals surface area (Å²) in [5.74, 6) is 0.676. The van der Waals surface area contributed by atoms with Gasteiger partial charge >= 0.3 is 0 Å². The highest BCUT2D eigenvalue weighted by molar-refractivity contribution is 5.77. The molecule has 24 heavy (non-hydrogen) atoms. The van der Waals surface area contributed by atoms with Gasteiger partial charge in [0.1, 0.15) is 5.52 Å². The van der Waals surface area contributed by atoms with Crippen LogP contribution < -0.4 is 5.32 Å². The minimum atomic E-state index is 0.0906. The summed E-state index contributed by atoms with van der Waals surface area (Å²) in [7, 11) is 0. The van der Waals surface area contributed by atoms with Crippen LogP contribution in [0.5, 0.6) is 0 Å². The Bertz CT molecular complexity index is 1050. The standard InChI is InChI=1S/C18H19N5O/c1-10-7-18-19-9-15(12(3)23(18)22-10)11(2)20-14-5-6-16-17(8-14)24-13(4)21-16/h5-9,11,20H,1-4H3. The normalized spacial score (nSPS) is 12.8. The van der Waals surface area contributed by atoms with E-state index in [0.29, 0.717) is 5.89 Å². The van der Waals surface area contributed by atoms with Gasteiger partial charge in [0.15, 0.2) is 17.1 Å². The Labute approximate surface area is 139 Å². The molecule has 0 radical (unpaired) electrons. The van der Waals surface area contributed by atoms with Crippen LogP contribution in [0.3, 0.4) is 0 Å². The SMILES string of the molecule is Cc1cc2ncc(C(C)Nc3ccc4nc(C)oc4c3)c(C)n2n1. The molecule has 0 saturated heterocycles. The molecule has 1 aromatic carbocycles. The highest BCUT2D eigenvalue weighted by Gasteiger charge is 2.14. The van der Waals surface area contributed by atoms with E-state index in [-0.39, 0.29) is 6.04 Å². The maximum Gasteiger partial charge on any atom is 0.192 e. The summed E-state index contributed by atoms with van der Waals surface area (Å²) < 4.78 is 7.50. The molecule has 0 amide bonds.